The molecule has 1 fully saturated rings. The van der Waals surface area contributed by atoms with E-state index in [1.807, 2.05) is 32.5 Å². The molecule has 5 atom stereocenters. The third kappa shape index (κ3) is 7.85. The molecule has 2 aliphatic heterocycles. The molecule has 1 N–H and O–H groups in total. The maximum Gasteiger partial charge on any atom is 0.192 e. The number of rotatable bonds is 5. The number of nitrogens with one attached hydrogen (secondary N) is 1. The summed E-state index contributed by atoms with van der Waals surface area (Å²) in [5, 5.41) is 0.228. The molecule has 0 spiro atoms. The van der Waals surface area contributed by atoms with Crippen LogP contribution in [-0.2, 0) is 20.5 Å². The van der Waals surface area contributed by atoms with Gasteiger partial charge in [-0.15, -0.1) is 16.5 Å². The summed E-state index contributed by atoms with van der Waals surface area (Å²) in [6.45, 7) is 18.3. The van der Waals surface area contributed by atoms with Crippen LogP contribution in [0.2, 0.25) is 18.1 Å². The molecular weight excluding hydrogens is 418 g/mol. The van der Waals surface area contributed by atoms with Crippen LogP contribution in [0.3, 0.4) is 0 Å². The molecule has 170 valence electrons. The Morgan fingerprint density at radius 2 is 1.90 bits per heavy atom. The fourth-order valence-corrected chi connectivity index (χ4v) is 6.33. The van der Waals surface area contributed by atoms with Gasteiger partial charge in [0.05, 0.1) is 12.1 Å². The van der Waals surface area contributed by atoms with Crippen molar-refractivity contribution in [2.75, 3.05) is 12.4 Å². The van der Waals surface area contributed by atoms with Crippen LogP contribution in [-0.4, -0.2) is 47.6 Å². The van der Waals surface area contributed by atoms with E-state index in [0.29, 0.717) is 5.92 Å². The number of ether oxygens (including phenoxy) is 1. The van der Waals surface area contributed by atoms with E-state index in [1.165, 1.54) is 6.42 Å². The highest BCUT2D eigenvalue weighted by atomic mass is 32.2. The van der Waals surface area contributed by atoms with E-state index < -0.39 is 19.7 Å². The van der Waals surface area contributed by atoms with Gasteiger partial charge in [0.25, 0.3) is 0 Å². The Kier molecular flexibility index (Phi) is 9.24. The highest BCUT2D eigenvalue weighted by Gasteiger charge is 2.38. The first-order valence-corrected chi connectivity index (χ1v) is 16.2. The van der Waals surface area contributed by atoms with Crippen molar-refractivity contribution >= 4 is 31.4 Å². The van der Waals surface area contributed by atoms with E-state index in [-0.39, 0.29) is 27.4 Å². The van der Waals surface area contributed by atoms with Crippen molar-refractivity contribution in [3.63, 3.8) is 0 Å². The van der Waals surface area contributed by atoms with Gasteiger partial charge in [0.15, 0.2) is 8.32 Å². The molecule has 7 heteroatoms. The summed E-state index contributed by atoms with van der Waals surface area (Å²) in [6, 6.07) is 0.0924. The molecular formula is C22H43NO3S2Si. The van der Waals surface area contributed by atoms with Crippen LogP contribution in [0.1, 0.15) is 67.2 Å². The minimum Gasteiger partial charge on any atom is -0.598 e. The molecule has 0 aromatic carbocycles. The van der Waals surface area contributed by atoms with E-state index in [2.05, 4.69) is 50.7 Å². The lowest BCUT2D eigenvalue weighted by Crippen LogP contribution is -2.51. The van der Waals surface area contributed by atoms with Gasteiger partial charge in [0.1, 0.15) is 10.2 Å². The van der Waals surface area contributed by atoms with Crippen molar-refractivity contribution in [3.8, 4) is 0 Å². The maximum atomic E-state index is 12.7. The average Bonchev–Trinajstić information content (AvgIpc) is 2.60. The largest absolute Gasteiger partial charge is 0.598 e. The molecule has 2 aliphatic rings. The number of hydrogen-bond acceptors (Lipinski definition) is 5. The van der Waals surface area contributed by atoms with Crippen LogP contribution in [0.25, 0.3) is 0 Å². The Bertz CT molecular complexity index is 545. The molecule has 2 heterocycles. The fourth-order valence-electron chi connectivity index (χ4n) is 3.17. The summed E-state index contributed by atoms with van der Waals surface area (Å²) < 4.78 is 28.8. The van der Waals surface area contributed by atoms with Gasteiger partial charge >= 0.3 is 0 Å². The lowest BCUT2D eigenvalue weighted by atomic mass is 9.99. The Morgan fingerprint density at radius 3 is 2.52 bits per heavy atom. The van der Waals surface area contributed by atoms with Gasteiger partial charge in [0, 0.05) is 29.6 Å². The molecule has 1 saturated heterocycles. The van der Waals surface area contributed by atoms with E-state index in [0.717, 1.165) is 31.6 Å². The first-order chi connectivity index (χ1) is 13.3. The van der Waals surface area contributed by atoms with Crippen molar-refractivity contribution in [1.82, 2.24) is 4.72 Å². The normalized spacial score (nSPS) is 31.9. The molecule has 2 rings (SSSR count). The van der Waals surface area contributed by atoms with Gasteiger partial charge < -0.3 is 13.7 Å². The van der Waals surface area contributed by atoms with Crippen molar-refractivity contribution in [3.05, 3.63) is 12.2 Å². The highest BCUT2D eigenvalue weighted by Crippen LogP contribution is 2.37. The van der Waals surface area contributed by atoms with Crippen LogP contribution in [0.15, 0.2) is 12.2 Å². The number of hydrogen-bond donors (Lipinski definition) is 1. The summed E-state index contributed by atoms with van der Waals surface area (Å²) in [5.74, 6) is 1.43. The van der Waals surface area contributed by atoms with Gasteiger partial charge in [-0.1, -0.05) is 32.9 Å². The van der Waals surface area contributed by atoms with Gasteiger partial charge in [-0.25, -0.2) is 0 Å². The molecule has 0 aliphatic carbocycles. The second-order valence-electron chi connectivity index (χ2n) is 11.0. The molecule has 0 saturated carbocycles. The monoisotopic (exact) mass is 461 g/mol. The average molecular weight is 462 g/mol. The fraction of sp³-hybridized carbons (Fsp3) is 0.909. The molecule has 0 amide bonds. The zero-order chi connectivity index (χ0) is 21.9. The summed E-state index contributed by atoms with van der Waals surface area (Å²) in [4.78, 5) is 0. The second-order valence-corrected chi connectivity index (χ2v) is 19.0. The molecule has 0 radical (unpaired) electrons. The number of thioether (sulfide) groups is 1. The van der Waals surface area contributed by atoms with Crippen LogP contribution in [0.4, 0.5) is 0 Å². The van der Waals surface area contributed by atoms with Crippen LogP contribution < -0.4 is 4.72 Å². The zero-order valence-electron chi connectivity index (χ0n) is 19.7. The van der Waals surface area contributed by atoms with Gasteiger partial charge in [-0.05, 0) is 64.6 Å². The van der Waals surface area contributed by atoms with Crippen molar-refractivity contribution < 1.29 is 13.7 Å². The Morgan fingerprint density at radius 1 is 1.21 bits per heavy atom. The van der Waals surface area contributed by atoms with Crippen LogP contribution in [0.5, 0.6) is 0 Å². The minimum absolute atomic E-state index is 0.0924. The minimum atomic E-state index is -1.75. The molecule has 2 bridgehead atoms. The Labute approximate surface area is 187 Å². The van der Waals surface area contributed by atoms with Crippen LogP contribution in [0, 0.1) is 5.92 Å². The topological polar surface area (TPSA) is 53.5 Å². The highest BCUT2D eigenvalue weighted by molar-refractivity contribution is 7.99. The Hall–Kier alpha value is 0.497. The molecule has 2 unspecified atom stereocenters. The first kappa shape index (κ1) is 25.8. The van der Waals surface area contributed by atoms with E-state index in [9.17, 15) is 4.55 Å². The zero-order valence-corrected chi connectivity index (χ0v) is 22.4. The predicted octanol–water partition coefficient (Wildman–Crippen LogP) is 5.63. The van der Waals surface area contributed by atoms with Gasteiger partial charge in [-0.3, -0.25) is 0 Å². The maximum absolute atomic E-state index is 12.7. The second kappa shape index (κ2) is 10.4. The first-order valence-electron chi connectivity index (χ1n) is 11.1. The number of fused-ring (bicyclic) bond motifs is 2. The Balaban J connectivity index is 2.07. The molecule has 0 aromatic heterocycles. The van der Waals surface area contributed by atoms with Crippen molar-refractivity contribution in [2.45, 2.75) is 108 Å². The van der Waals surface area contributed by atoms with Crippen molar-refractivity contribution in [2.24, 2.45) is 5.92 Å². The van der Waals surface area contributed by atoms with E-state index in [4.69, 9.17) is 9.16 Å². The standard InChI is InChI=1S/C22H43NO3S2Si/c1-21(2,3)28(24)23-18-12-9-11-17(15-25-29(7,8)22(4,5)6)16-27-20-14-10-13-19(18)26-20/h9,11,17-20,23H,10,12-16H2,1-8H3/b11-9+/t17?,18-,19-,20-,28?/m1/s1. The third-order valence-electron chi connectivity index (χ3n) is 6.28. The van der Waals surface area contributed by atoms with Crippen molar-refractivity contribution in [1.29, 1.82) is 0 Å². The SMILES string of the molecule is CC(C)(C)[S+]([O-])N[C@@H]1C/C=C/C(CO[Si](C)(C)C(C)(C)C)CS[C@@H]2CCC[C@H]1O2. The van der Waals surface area contributed by atoms with Gasteiger partial charge in [0.2, 0.25) is 0 Å². The molecule has 29 heavy (non-hydrogen) atoms. The lowest BCUT2D eigenvalue weighted by Gasteiger charge is -2.38. The summed E-state index contributed by atoms with van der Waals surface area (Å²) in [6.07, 6.45) is 8.90. The summed E-state index contributed by atoms with van der Waals surface area (Å²) in [7, 11) is -1.75. The van der Waals surface area contributed by atoms with E-state index >= 15 is 0 Å². The third-order valence-corrected chi connectivity index (χ3v) is 13.7. The van der Waals surface area contributed by atoms with Gasteiger partial charge in [-0.2, -0.15) is 0 Å². The molecule has 0 aromatic rings. The smallest absolute Gasteiger partial charge is 0.192 e. The van der Waals surface area contributed by atoms with E-state index in [1.54, 1.807) is 0 Å². The summed E-state index contributed by atoms with van der Waals surface area (Å²) >= 11 is 0.834. The van der Waals surface area contributed by atoms with Crippen LogP contribution >= 0.6 is 11.8 Å². The molecule has 4 nitrogen and oxygen atoms in total. The predicted molar refractivity (Wildman–Crippen MR) is 130 cm³/mol. The summed E-state index contributed by atoms with van der Waals surface area (Å²) in [5.41, 5.74) is 0.239. The lowest BCUT2D eigenvalue weighted by molar-refractivity contribution is -0.0208. The quantitative estimate of drug-likeness (QED) is 0.326.